The van der Waals surface area contributed by atoms with Gasteiger partial charge in [0.2, 0.25) is 11.8 Å². The molecule has 2 aromatic rings. The first kappa shape index (κ1) is 44.0. The summed E-state index contributed by atoms with van der Waals surface area (Å²) >= 11 is 0. The minimum Gasteiger partial charge on any atom is -0.480 e. The maximum Gasteiger partial charge on any atom is 0.410 e. The van der Waals surface area contributed by atoms with Crippen molar-refractivity contribution >= 4 is 35.9 Å². The molecular weight excluding hydrogens is 684 g/mol. The first-order valence-corrected chi connectivity index (χ1v) is 17.7. The van der Waals surface area contributed by atoms with Crippen LogP contribution in [0, 0.1) is 5.92 Å². The van der Waals surface area contributed by atoms with E-state index in [0.717, 1.165) is 41.7 Å². The average molecular weight is 741 g/mol. The van der Waals surface area contributed by atoms with Crippen LogP contribution in [0.2, 0.25) is 0 Å². The molecule has 1 saturated carbocycles. The van der Waals surface area contributed by atoms with Crippen molar-refractivity contribution in [1.82, 2.24) is 19.6 Å². The van der Waals surface area contributed by atoms with Gasteiger partial charge < -0.3 is 38.9 Å². The third-order valence-electron chi connectivity index (χ3n) is 8.37. The van der Waals surface area contributed by atoms with Crippen LogP contribution in [-0.2, 0) is 46.6 Å². The molecule has 3 rings (SSSR count). The van der Waals surface area contributed by atoms with Gasteiger partial charge in [0, 0.05) is 28.2 Å². The number of carbonyl (C=O) groups is 6. The van der Waals surface area contributed by atoms with E-state index in [0.29, 0.717) is 12.3 Å². The highest BCUT2D eigenvalue weighted by molar-refractivity contribution is 5.91. The minimum atomic E-state index is -1.07. The van der Waals surface area contributed by atoms with Crippen molar-refractivity contribution in [3.05, 3.63) is 71.8 Å². The van der Waals surface area contributed by atoms with Crippen molar-refractivity contribution in [2.45, 2.75) is 84.2 Å². The van der Waals surface area contributed by atoms with Crippen LogP contribution in [0.4, 0.5) is 9.59 Å². The Morgan fingerprint density at radius 3 is 1.62 bits per heavy atom. The molecule has 1 aliphatic rings. The van der Waals surface area contributed by atoms with Crippen molar-refractivity contribution in [3.8, 4) is 0 Å². The second kappa shape index (κ2) is 22.0. The van der Waals surface area contributed by atoms with Gasteiger partial charge in [-0.2, -0.15) is 0 Å². The Balaban J connectivity index is 0.000000505. The van der Waals surface area contributed by atoms with E-state index in [4.69, 9.17) is 19.3 Å². The molecule has 14 heteroatoms. The number of aliphatic carboxylic acids is 1. The molecule has 1 fully saturated rings. The number of amides is 4. The lowest BCUT2D eigenvalue weighted by Gasteiger charge is -2.35. The van der Waals surface area contributed by atoms with Crippen LogP contribution in [-0.4, -0.2) is 120 Å². The third kappa shape index (κ3) is 17.3. The zero-order valence-corrected chi connectivity index (χ0v) is 32.1. The van der Waals surface area contributed by atoms with Gasteiger partial charge in [-0.15, -0.1) is 0 Å². The van der Waals surface area contributed by atoms with Crippen molar-refractivity contribution < 1.29 is 48.1 Å². The van der Waals surface area contributed by atoms with E-state index in [1.165, 1.54) is 35.2 Å². The second-order valence-electron chi connectivity index (χ2n) is 14.2. The Hall–Kier alpha value is -5.14. The van der Waals surface area contributed by atoms with Gasteiger partial charge in [-0.25, -0.2) is 9.59 Å². The Morgan fingerprint density at radius 2 is 1.17 bits per heavy atom. The van der Waals surface area contributed by atoms with Crippen LogP contribution >= 0.6 is 0 Å². The topological polar surface area (TPSA) is 163 Å². The predicted octanol–water partition coefficient (Wildman–Crippen LogP) is 5.19. The van der Waals surface area contributed by atoms with Gasteiger partial charge in [-0.05, 0) is 44.2 Å². The minimum absolute atomic E-state index is 0.103. The Labute approximate surface area is 312 Å². The molecule has 0 aliphatic heterocycles. The Kier molecular flexibility index (Phi) is 18.3. The Bertz CT molecular complexity index is 1480. The van der Waals surface area contributed by atoms with Crippen LogP contribution in [0.5, 0.6) is 0 Å². The number of hydrogen-bond acceptors (Lipinski definition) is 9. The first-order chi connectivity index (χ1) is 25.0. The number of benzene rings is 2. The maximum absolute atomic E-state index is 13.5. The third-order valence-corrected chi connectivity index (χ3v) is 8.37. The number of carbonyl (C=O) groups excluding carboxylic acids is 5. The summed E-state index contributed by atoms with van der Waals surface area (Å²) in [5.41, 5.74) is 1.05. The second-order valence-corrected chi connectivity index (χ2v) is 14.2. The highest BCUT2D eigenvalue weighted by Crippen LogP contribution is 2.29. The quantitative estimate of drug-likeness (QED) is 0.201. The van der Waals surface area contributed by atoms with E-state index < -0.39 is 35.8 Å². The molecule has 1 N–H and O–H groups in total. The molecule has 1 atom stereocenters. The number of nitrogens with zero attached hydrogens (tertiary/aromatic N) is 4. The lowest BCUT2D eigenvalue weighted by molar-refractivity contribution is -0.159. The summed E-state index contributed by atoms with van der Waals surface area (Å²) in [6, 6.07) is 17.7. The monoisotopic (exact) mass is 740 g/mol. The van der Waals surface area contributed by atoms with Gasteiger partial charge in [-0.3, -0.25) is 19.2 Å². The fourth-order valence-electron chi connectivity index (χ4n) is 5.54. The van der Waals surface area contributed by atoms with Gasteiger partial charge in [-0.1, -0.05) is 92.8 Å². The molecular formula is C39H56N4O10. The molecule has 0 aromatic heterocycles. The largest absolute Gasteiger partial charge is 0.480 e. The van der Waals surface area contributed by atoms with Crippen LogP contribution in [0.1, 0.15) is 70.4 Å². The van der Waals surface area contributed by atoms with E-state index in [1.807, 2.05) is 60.7 Å². The summed E-state index contributed by atoms with van der Waals surface area (Å²) in [6.45, 7) is 4.76. The summed E-state index contributed by atoms with van der Waals surface area (Å²) in [5.74, 6) is -1.95. The van der Waals surface area contributed by atoms with E-state index in [9.17, 15) is 28.8 Å². The molecule has 2 aromatic carbocycles. The predicted molar refractivity (Wildman–Crippen MR) is 197 cm³/mol. The zero-order chi connectivity index (χ0) is 39.6. The van der Waals surface area contributed by atoms with E-state index in [-0.39, 0.29) is 44.7 Å². The molecule has 14 nitrogen and oxygen atoms in total. The number of hydrogen-bond donors (Lipinski definition) is 1. The number of likely N-dealkylation sites (N-methyl/N-ethyl adjacent to an activating group) is 4. The van der Waals surface area contributed by atoms with Gasteiger partial charge in [0.25, 0.3) is 0 Å². The van der Waals surface area contributed by atoms with Crippen molar-refractivity contribution in [1.29, 1.82) is 0 Å². The highest BCUT2D eigenvalue weighted by atomic mass is 16.6. The maximum atomic E-state index is 13.5. The molecule has 1 aliphatic carbocycles. The van der Waals surface area contributed by atoms with Crippen molar-refractivity contribution in [2.75, 3.05) is 47.8 Å². The van der Waals surface area contributed by atoms with Gasteiger partial charge >= 0.3 is 24.1 Å². The fourth-order valence-corrected chi connectivity index (χ4v) is 5.54. The average Bonchev–Trinajstić information content (AvgIpc) is 3.11. The Morgan fingerprint density at radius 1 is 0.698 bits per heavy atom. The number of ether oxygens (including phenoxy) is 3. The zero-order valence-electron chi connectivity index (χ0n) is 32.1. The molecule has 0 spiro atoms. The SMILES string of the molecule is CN(CC(=O)N(C)[C@@H](CC1CCCCC1)C(=O)N(C)CC(=O)OC(C)(C)C)C(=O)OCc1ccccc1.CN(CC(=O)O)C(=O)OCc1ccccc1. The highest BCUT2D eigenvalue weighted by Gasteiger charge is 2.34. The summed E-state index contributed by atoms with van der Waals surface area (Å²) < 4.78 is 15.6. The summed E-state index contributed by atoms with van der Waals surface area (Å²) in [6.07, 6.45) is 4.65. The fraction of sp³-hybridized carbons (Fsp3) is 0.538. The van der Waals surface area contributed by atoms with Crippen LogP contribution < -0.4 is 0 Å². The van der Waals surface area contributed by atoms with E-state index in [1.54, 1.807) is 34.9 Å². The molecule has 0 heterocycles. The molecule has 0 saturated heterocycles. The standard InChI is InChI=1S/C28H43N3O6.C11H13NO4/c1-28(2,3)37-25(33)19-29(4)26(34)23(17-21-13-9-7-10-14-21)31(6)24(32)18-30(5)27(35)36-20-22-15-11-8-12-16-22;1-12(7-10(13)14)11(15)16-8-9-5-3-2-4-6-9/h8,11-12,15-16,21,23H,7,9-10,13-14,17-20H2,1-6H3;2-6H,7-8H2,1H3,(H,13,14)/t23-;/m0./s1. The van der Waals surface area contributed by atoms with Gasteiger partial charge in [0.05, 0.1) is 0 Å². The van der Waals surface area contributed by atoms with Gasteiger partial charge in [0.1, 0.15) is 44.5 Å². The molecule has 0 bridgehead atoms. The normalized spacial score (nSPS) is 13.3. The summed E-state index contributed by atoms with van der Waals surface area (Å²) in [5, 5.41) is 8.47. The number of esters is 1. The van der Waals surface area contributed by atoms with Crippen LogP contribution in [0.3, 0.4) is 0 Å². The summed E-state index contributed by atoms with van der Waals surface area (Å²) in [7, 11) is 6.00. The lowest BCUT2D eigenvalue weighted by atomic mass is 9.84. The number of carboxylic acid groups (broad SMARTS) is 1. The van der Waals surface area contributed by atoms with Crippen LogP contribution in [0.15, 0.2) is 60.7 Å². The molecule has 0 unspecified atom stereocenters. The molecule has 292 valence electrons. The van der Waals surface area contributed by atoms with E-state index >= 15 is 0 Å². The van der Waals surface area contributed by atoms with Gasteiger partial charge in [0.15, 0.2) is 0 Å². The van der Waals surface area contributed by atoms with E-state index in [2.05, 4.69) is 0 Å². The van der Waals surface area contributed by atoms with Crippen molar-refractivity contribution in [2.24, 2.45) is 5.92 Å². The first-order valence-electron chi connectivity index (χ1n) is 17.7. The lowest BCUT2D eigenvalue weighted by Crippen LogP contribution is -2.52. The smallest absolute Gasteiger partial charge is 0.410 e. The number of rotatable bonds is 14. The van der Waals surface area contributed by atoms with Crippen molar-refractivity contribution in [3.63, 3.8) is 0 Å². The molecule has 53 heavy (non-hydrogen) atoms. The molecule has 0 radical (unpaired) electrons. The summed E-state index contributed by atoms with van der Waals surface area (Å²) in [4.78, 5) is 78.0. The molecule has 4 amide bonds. The number of carboxylic acids is 1. The van der Waals surface area contributed by atoms with Crippen LogP contribution in [0.25, 0.3) is 0 Å².